The zero-order chi connectivity index (χ0) is 13.0. The van der Waals surface area contributed by atoms with E-state index in [2.05, 4.69) is 5.32 Å². The maximum atomic E-state index is 12.1. The third-order valence-corrected chi connectivity index (χ3v) is 3.70. The van der Waals surface area contributed by atoms with Gasteiger partial charge in [0.05, 0.1) is 5.54 Å². The minimum absolute atomic E-state index is 0.0980. The normalized spacial score (nSPS) is 19.0. The number of carbonyl (C=O) groups is 1. The Morgan fingerprint density at radius 1 is 1.44 bits per heavy atom. The number of nitrogens with one attached hydrogen (secondary N) is 1. The maximum Gasteiger partial charge on any atom is 0.252 e. The third kappa shape index (κ3) is 3.19. The fraction of sp³-hybridized carbons (Fsp3) is 0.917. The first-order valence-corrected chi connectivity index (χ1v) is 5.83. The van der Waals surface area contributed by atoms with Crippen molar-refractivity contribution in [3.05, 3.63) is 0 Å². The van der Waals surface area contributed by atoms with Gasteiger partial charge in [-0.25, -0.2) is 0 Å². The monoisotopic (exact) mass is 230 g/mol. The number of amides is 1. The summed E-state index contributed by atoms with van der Waals surface area (Å²) in [7, 11) is 1.55. The standard InChI is InChI=1S/C12H26N2O2/c1-7-12(5,16-6)10(15)14-11(4,8-13)9(2)3/h9H,7-8,13H2,1-6H3,(H,14,15). The van der Waals surface area contributed by atoms with Crippen LogP contribution in [0.2, 0.25) is 0 Å². The average molecular weight is 230 g/mol. The minimum Gasteiger partial charge on any atom is -0.369 e. The summed E-state index contributed by atoms with van der Waals surface area (Å²) in [5.74, 6) is 0.179. The molecule has 0 aliphatic carbocycles. The molecule has 4 nitrogen and oxygen atoms in total. The second kappa shape index (κ2) is 5.64. The van der Waals surface area contributed by atoms with E-state index in [-0.39, 0.29) is 17.4 Å². The summed E-state index contributed by atoms with van der Waals surface area (Å²) in [4.78, 5) is 12.1. The first kappa shape index (κ1) is 15.4. The molecule has 0 aliphatic heterocycles. The van der Waals surface area contributed by atoms with Gasteiger partial charge in [-0.1, -0.05) is 20.8 Å². The van der Waals surface area contributed by atoms with E-state index in [1.165, 1.54) is 0 Å². The van der Waals surface area contributed by atoms with Crippen LogP contribution in [-0.2, 0) is 9.53 Å². The molecule has 3 N–H and O–H groups in total. The molecular formula is C12H26N2O2. The first-order valence-electron chi connectivity index (χ1n) is 5.83. The molecule has 1 amide bonds. The molecule has 2 unspecified atom stereocenters. The van der Waals surface area contributed by atoms with Crippen molar-refractivity contribution >= 4 is 5.91 Å². The van der Waals surface area contributed by atoms with Crippen LogP contribution in [0.15, 0.2) is 0 Å². The van der Waals surface area contributed by atoms with Crippen LogP contribution in [0.3, 0.4) is 0 Å². The Balaban J connectivity index is 4.78. The fourth-order valence-corrected chi connectivity index (χ4v) is 1.22. The van der Waals surface area contributed by atoms with Crippen LogP contribution in [0, 0.1) is 5.92 Å². The fourth-order valence-electron chi connectivity index (χ4n) is 1.22. The highest BCUT2D eigenvalue weighted by atomic mass is 16.5. The van der Waals surface area contributed by atoms with Crippen molar-refractivity contribution in [2.45, 2.75) is 52.2 Å². The van der Waals surface area contributed by atoms with Crippen molar-refractivity contribution in [2.24, 2.45) is 11.7 Å². The topological polar surface area (TPSA) is 64.3 Å². The lowest BCUT2D eigenvalue weighted by molar-refractivity contribution is -0.144. The Kier molecular flexibility index (Phi) is 5.42. The third-order valence-electron chi connectivity index (χ3n) is 3.70. The Bertz CT molecular complexity index is 237. The van der Waals surface area contributed by atoms with Gasteiger partial charge in [-0.15, -0.1) is 0 Å². The van der Waals surface area contributed by atoms with Crippen molar-refractivity contribution in [2.75, 3.05) is 13.7 Å². The molecule has 0 aromatic heterocycles. The molecule has 0 fully saturated rings. The van der Waals surface area contributed by atoms with Crippen LogP contribution in [0.5, 0.6) is 0 Å². The maximum absolute atomic E-state index is 12.1. The molecular weight excluding hydrogens is 204 g/mol. The molecule has 0 spiro atoms. The van der Waals surface area contributed by atoms with E-state index in [4.69, 9.17) is 10.5 Å². The lowest BCUT2D eigenvalue weighted by Crippen LogP contribution is -2.60. The summed E-state index contributed by atoms with van der Waals surface area (Å²) < 4.78 is 5.27. The summed E-state index contributed by atoms with van der Waals surface area (Å²) in [6.45, 7) is 10.2. The van der Waals surface area contributed by atoms with Gasteiger partial charge < -0.3 is 15.8 Å². The van der Waals surface area contributed by atoms with Gasteiger partial charge in [-0.3, -0.25) is 4.79 Å². The van der Waals surface area contributed by atoms with Crippen LogP contribution in [-0.4, -0.2) is 30.7 Å². The number of hydrogen-bond acceptors (Lipinski definition) is 3. The highest BCUT2D eigenvalue weighted by Crippen LogP contribution is 2.19. The van der Waals surface area contributed by atoms with E-state index in [1.54, 1.807) is 14.0 Å². The first-order chi connectivity index (χ1) is 7.25. The van der Waals surface area contributed by atoms with Gasteiger partial charge in [0.1, 0.15) is 5.60 Å². The van der Waals surface area contributed by atoms with E-state index < -0.39 is 5.60 Å². The SMILES string of the molecule is CCC(C)(OC)C(=O)NC(C)(CN)C(C)C. The Labute approximate surface area is 98.9 Å². The van der Waals surface area contributed by atoms with Gasteiger partial charge in [0.15, 0.2) is 0 Å². The van der Waals surface area contributed by atoms with Crippen LogP contribution < -0.4 is 11.1 Å². The van der Waals surface area contributed by atoms with E-state index in [0.717, 1.165) is 0 Å². The van der Waals surface area contributed by atoms with Crippen molar-refractivity contribution in [1.82, 2.24) is 5.32 Å². The van der Waals surface area contributed by atoms with E-state index in [1.807, 2.05) is 27.7 Å². The van der Waals surface area contributed by atoms with E-state index >= 15 is 0 Å². The number of ether oxygens (including phenoxy) is 1. The van der Waals surface area contributed by atoms with Crippen LogP contribution in [0.25, 0.3) is 0 Å². The average Bonchev–Trinajstić information content (AvgIpc) is 2.27. The second-order valence-corrected chi connectivity index (χ2v) is 5.02. The molecule has 16 heavy (non-hydrogen) atoms. The number of hydrogen-bond donors (Lipinski definition) is 2. The molecule has 0 aromatic rings. The zero-order valence-corrected chi connectivity index (χ0v) is 11.4. The lowest BCUT2D eigenvalue weighted by Gasteiger charge is -2.37. The molecule has 0 saturated carbocycles. The van der Waals surface area contributed by atoms with Gasteiger partial charge in [0.2, 0.25) is 0 Å². The summed E-state index contributed by atoms with van der Waals surface area (Å²) in [6, 6.07) is 0. The molecule has 0 aliphatic rings. The number of methoxy groups -OCH3 is 1. The summed E-state index contributed by atoms with van der Waals surface area (Å²) in [6.07, 6.45) is 0.633. The highest BCUT2D eigenvalue weighted by Gasteiger charge is 2.37. The smallest absolute Gasteiger partial charge is 0.252 e. The van der Waals surface area contributed by atoms with Crippen LogP contribution in [0.4, 0.5) is 0 Å². The summed E-state index contributed by atoms with van der Waals surface area (Å²) in [5.41, 5.74) is 4.57. The molecule has 96 valence electrons. The molecule has 0 rings (SSSR count). The second-order valence-electron chi connectivity index (χ2n) is 5.02. The molecule has 0 aromatic carbocycles. The summed E-state index contributed by atoms with van der Waals surface area (Å²) >= 11 is 0. The van der Waals surface area contributed by atoms with Gasteiger partial charge in [0.25, 0.3) is 5.91 Å². The number of rotatable bonds is 6. The van der Waals surface area contributed by atoms with Gasteiger partial charge in [-0.05, 0) is 26.2 Å². The van der Waals surface area contributed by atoms with Crippen LogP contribution in [0.1, 0.15) is 41.0 Å². The lowest BCUT2D eigenvalue weighted by atomic mass is 9.87. The molecule has 0 bridgehead atoms. The van der Waals surface area contributed by atoms with Gasteiger partial charge in [0, 0.05) is 13.7 Å². The van der Waals surface area contributed by atoms with Crippen molar-refractivity contribution in [3.63, 3.8) is 0 Å². The molecule has 0 radical (unpaired) electrons. The Hall–Kier alpha value is -0.610. The predicted octanol–water partition coefficient (Wildman–Crippen LogP) is 1.29. The zero-order valence-electron chi connectivity index (χ0n) is 11.4. The Morgan fingerprint density at radius 2 is 1.94 bits per heavy atom. The van der Waals surface area contributed by atoms with Gasteiger partial charge >= 0.3 is 0 Å². The summed E-state index contributed by atoms with van der Waals surface area (Å²) in [5, 5.41) is 3.00. The van der Waals surface area contributed by atoms with Gasteiger partial charge in [-0.2, -0.15) is 0 Å². The van der Waals surface area contributed by atoms with Crippen molar-refractivity contribution < 1.29 is 9.53 Å². The van der Waals surface area contributed by atoms with Crippen molar-refractivity contribution in [1.29, 1.82) is 0 Å². The molecule has 0 saturated heterocycles. The van der Waals surface area contributed by atoms with Crippen molar-refractivity contribution in [3.8, 4) is 0 Å². The van der Waals surface area contributed by atoms with E-state index in [9.17, 15) is 4.79 Å². The quantitative estimate of drug-likeness (QED) is 0.722. The number of carbonyl (C=O) groups excluding carboxylic acids is 1. The number of nitrogens with two attached hydrogens (primary N) is 1. The molecule has 4 heteroatoms. The highest BCUT2D eigenvalue weighted by molar-refractivity contribution is 5.85. The minimum atomic E-state index is -0.772. The molecule has 2 atom stereocenters. The predicted molar refractivity (Wildman–Crippen MR) is 66.1 cm³/mol. The van der Waals surface area contributed by atoms with Crippen LogP contribution >= 0.6 is 0 Å². The molecule has 0 heterocycles. The Morgan fingerprint density at radius 3 is 2.19 bits per heavy atom. The van der Waals surface area contributed by atoms with E-state index in [0.29, 0.717) is 13.0 Å². The largest absolute Gasteiger partial charge is 0.369 e.